The van der Waals surface area contributed by atoms with E-state index in [9.17, 15) is 4.79 Å². The average molecular weight is 324 g/mol. The van der Waals surface area contributed by atoms with E-state index < -0.39 is 0 Å². The first-order valence-electron chi connectivity index (χ1n) is 7.55. The minimum Gasteiger partial charge on any atom is -0.355 e. The third kappa shape index (κ3) is 4.76. The second kappa shape index (κ2) is 8.42. The van der Waals surface area contributed by atoms with Crippen molar-refractivity contribution in [3.8, 4) is 0 Å². The normalized spacial score (nSPS) is 30.2. The summed E-state index contributed by atoms with van der Waals surface area (Å²) in [6, 6.07) is 0.883. The number of carbonyl (C=O) groups excluding carboxylic acids is 1. The standard InChI is InChI=1S/C14H25N3O.2ClH/c18-14(12-2-1-6-15-9-12)16-8-11-5-7-17(10-11)13-3-4-13;;/h11-13,15H,1-10H2,(H,16,18);2*1H/t11?,12-;;/m1../s1. The zero-order chi connectivity index (χ0) is 12.4. The lowest BCUT2D eigenvalue weighted by Gasteiger charge is -2.23. The molecule has 1 aliphatic carbocycles. The molecule has 0 bridgehead atoms. The molecule has 0 aromatic heterocycles. The van der Waals surface area contributed by atoms with Gasteiger partial charge in [-0.25, -0.2) is 0 Å². The molecule has 3 aliphatic rings. The van der Waals surface area contributed by atoms with Crippen molar-refractivity contribution in [3.05, 3.63) is 0 Å². The first-order chi connectivity index (χ1) is 8.83. The zero-order valence-electron chi connectivity index (χ0n) is 12.0. The maximum atomic E-state index is 12.0. The van der Waals surface area contributed by atoms with Crippen molar-refractivity contribution in [1.82, 2.24) is 15.5 Å². The van der Waals surface area contributed by atoms with Gasteiger partial charge < -0.3 is 15.5 Å². The van der Waals surface area contributed by atoms with Crippen LogP contribution in [0, 0.1) is 11.8 Å². The van der Waals surface area contributed by atoms with Crippen LogP contribution >= 0.6 is 24.8 Å². The molecule has 2 saturated heterocycles. The molecule has 3 rings (SSSR count). The van der Waals surface area contributed by atoms with E-state index in [0.29, 0.717) is 5.92 Å². The highest BCUT2D eigenvalue weighted by Crippen LogP contribution is 2.31. The Bertz CT molecular complexity index is 307. The molecule has 4 nitrogen and oxygen atoms in total. The SMILES string of the molecule is Cl.Cl.O=C(NCC1CCN(C2CC2)C1)[C@@H]1CCCNC1. The second-order valence-corrected chi connectivity index (χ2v) is 6.17. The van der Waals surface area contributed by atoms with Gasteiger partial charge in [-0.1, -0.05) is 0 Å². The predicted octanol–water partition coefficient (Wildman–Crippen LogP) is 1.43. The van der Waals surface area contributed by atoms with Gasteiger partial charge >= 0.3 is 0 Å². The van der Waals surface area contributed by atoms with E-state index in [1.54, 1.807) is 0 Å². The second-order valence-electron chi connectivity index (χ2n) is 6.17. The Morgan fingerprint density at radius 2 is 2.00 bits per heavy atom. The molecule has 1 amide bonds. The highest BCUT2D eigenvalue weighted by molar-refractivity contribution is 5.85. The fourth-order valence-corrected chi connectivity index (χ4v) is 3.27. The van der Waals surface area contributed by atoms with Crippen LogP contribution in [0.25, 0.3) is 0 Å². The molecule has 1 unspecified atom stereocenters. The lowest BCUT2D eigenvalue weighted by Crippen LogP contribution is -2.42. The smallest absolute Gasteiger partial charge is 0.224 e. The van der Waals surface area contributed by atoms with Gasteiger partial charge in [-0.05, 0) is 51.1 Å². The largest absolute Gasteiger partial charge is 0.355 e. The molecule has 0 aromatic carbocycles. The average Bonchev–Trinajstić information content (AvgIpc) is 3.16. The van der Waals surface area contributed by atoms with Gasteiger partial charge in [0.15, 0.2) is 0 Å². The molecule has 2 aliphatic heterocycles. The summed E-state index contributed by atoms with van der Waals surface area (Å²) in [5.74, 6) is 1.16. The van der Waals surface area contributed by atoms with Crippen molar-refractivity contribution in [1.29, 1.82) is 0 Å². The molecule has 2 atom stereocenters. The van der Waals surface area contributed by atoms with Gasteiger partial charge in [0.1, 0.15) is 0 Å². The predicted molar refractivity (Wildman–Crippen MR) is 85.8 cm³/mol. The van der Waals surface area contributed by atoms with E-state index in [-0.39, 0.29) is 36.6 Å². The number of hydrogen-bond acceptors (Lipinski definition) is 3. The molecule has 1 saturated carbocycles. The van der Waals surface area contributed by atoms with E-state index in [4.69, 9.17) is 0 Å². The molecule has 6 heteroatoms. The highest BCUT2D eigenvalue weighted by Gasteiger charge is 2.34. The summed E-state index contributed by atoms with van der Waals surface area (Å²) in [5.41, 5.74) is 0. The van der Waals surface area contributed by atoms with Crippen LogP contribution in [-0.4, -0.2) is 49.6 Å². The minimum atomic E-state index is 0. The Balaban J connectivity index is 0.000001000. The number of nitrogens with one attached hydrogen (secondary N) is 2. The van der Waals surface area contributed by atoms with Gasteiger partial charge in [-0.15, -0.1) is 24.8 Å². The first-order valence-corrected chi connectivity index (χ1v) is 7.55. The molecule has 20 heavy (non-hydrogen) atoms. The van der Waals surface area contributed by atoms with Crippen molar-refractivity contribution in [2.45, 2.75) is 38.1 Å². The van der Waals surface area contributed by atoms with Gasteiger partial charge in [0.2, 0.25) is 5.91 Å². The van der Waals surface area contributed by atoms with Gasteiger partial charge in [0.25, 0.3) is 0 Å². The summed E-state index contributed by atoms with van der Waals surface area (Å²) in [4.78, 5) is 14.6. The zero-order valence-corrected chi connectivity index (χ0v) is 13.6. The van der Waals surface area contributed by atoms with E-state index >= 15 is 0 Å². The maximum Gasteiger partial charge on any atom is 0.224 e. The quantitative estimate of drug-likeness (QED) is 0.822. The Hall–Kier alpha value is -0.0300. The summed E-state index contributed by atoms with van der Waals surface area (Å²) in [7, 11) is 0. The van der Waals surface area contributed by atoms with Gasteiger partial charge in [0.05, 0.1) is 5.92 Å². The number of amides is 1. The molecule has 0 radical (unpaired) electrons. The molecule has 118 valence electrons. The van der Waals surface area contributed by atoms with Crippen LogP contribution in [0.4, 0.5) is 0 Å². The summed E-state index contributed by atoms with van der Waals surface area (Å²) in [6.45, 7) is 5.27. The Kier molecular flexibility index (Phi) is 7.59. The molecule has 0 aromatic rings. The summed E-state index contributed by atoms with van der Waals surface area (Å²) in [6.07, 6.45) is 6.24. The van der Waals surface area contributed by atoms with Gasteiger partial charge in [-0.2, -0.15) is 0 Å². The van der Waals surface area contributed by atoms with Gasteiger partial charge in [0, 0.05) is 25.7 Å². The van der Waals surface area contributed by atoms with Crippen LogP contribution in [0.5, 0.6) is 0 Å². The topological polar surface area (TPSA) is 44.4 Å². The van der Waals surface area contributed by atoms with Crippen LogP contribution in [0.1, 0.15) is 32.1 Å². The van der Waals surface area contributed by atoms with E-state index in [2.05, 4.69) is 15.5 Å². The number of likely N-dealkylation sites (tertiary alicyclic amines) is 1. The molecule has 2 N–H and O–H groups in total. The van der Waals surface area contributed by atoms with Crippen molar-refractivity contribution in [3.63, 3.8) is 0 Å². The Labute approximate surface area is 134 Å². The number of piperidine rings is 1. The fourth-order valence-electron chi connectivity index (χ4n) is 3.27. The van der Waals surface area contributed by atoms with Crippen LogP contribution < -0.4 is 10.6 Å². The number of carbonyl (C=O) groups is 1. The van der Waals surface area contributed by atoms with Gasteiger partial charge in [-0.3, -0.25) is 4.79 Å². The van der Waals surface area contributed by atoms with E-state index in [1.165, 1.54) is 32.4 Å². The summed E-state index contributed by atoms with van der Waals surface area (Å²) < 4.78 is 0. The third-order valence-corrected chi connectivity index (χ3v) is 4.61. The van der Waals surface area contributed by atoms with Crippen LogP contribution in [-0.2, 0) is 4.79 Å². The van der Waals surface area contributed by atoms with E-state index in [1.807, 2.05) is 0 Å². The summed E-state index contributed by atoms with van der Waals surface area (Å²) in [5, 5.41) is 6.47. The Morgan fingerprint density at radius 3 is 2.65 bits per heavy atom. The highest BCUT2D eigenvalue weighted by atomic mass is 35.5. The number of nitrogens with zero attached hydrogens (tertiary/aromatic N) is 1. The maximum absolute atomic E-state index is 12.0. The van der Waals surface area contributed by atoms with Crippen LogP contribution in [0.3, 0.4) is 0 Å². The van der Waals surface area contributed by atoms with Crippen LogP contribution in [0.2, 0.25) is 0 Å². The molecule has 0 spiro atoms. The fraction of sp³-hybridized carbons (Fsp3) is 0.929. The summed E-state index contributed by atoms with van der Waals surface area (Å²) >= 11 is 0. The number of hydrogen-bond donors (Lipinski definition) is 2. The molecular formula is C14H27Cl2N3O. The monoisotopic (exact) mass is 323 g/mol. The third-order valence-electron chi connectivity index (χ3n) is 4.61. The van der Waals surface area contributed by atoms with Crippen molar-refractivity contribution in [2.75, 3.05) is 32.7 Å². The van der Waals surface area contributed by atoms with Crippen molar-refractivity contribution in [2.24, 2.45) is 11.8 Å². The van der Waals surface area contributed by atoms with Crippen molar-refractivity contribution < 1.29 is 4.79 Å². The van der Waals surface area contributed by atoms with Crippen molar-refractivity contribution >= 4 is 30.7 Å². The molecule has 2 heterocycles. The molecule has 3 fully saturated rings. The van der Waals surface area contributed by atoms with Crippen LogP contribution in [0.15, 0.2) is 0 Å². The molecular weight excluding hydrogens is 297 g/mol. The minimum absolute atomic E-state index is 0. The number of rotatable bonds is 4. The lowest BCUT2D eigenvalue weighted by molar-refractivity contribution is -0.125. The first kappa shape index (κ1) is 18.0. The van der Waals surface area contributed by atoms with E-state index in [0.717, 1.165) is 38.5 Å². The Morgan fingerprint density at radius 1 is 1.20 bits per heavy atom. The number of halogens is 2. The lowest BCUT2D eigenvalue weighted by atomic mass is 9.98.